The van der Waals surface area contributed by atoms with Crippen molar-refractivity contribution in [1.82, 2.24) is 0 Å². The third-order valence-electron chi connectivity index (χ3n) is 10.8. The molecule has 0 bridgehead atoms. The number of methoxy groups -OCH3 is 3. The van der Waals surface area contributed by atoms with E-state index in [1.165, 1.54) is 41.5 Å². The quantitative estimate of drug-likeness (QED) is 0.0636. The predicted molar refractivity (Wildman–Crippen MR) is 349 cm³/mol. The lowest BCUT2D eigenvalue weighted by molar-refractivity contribution is -0.182. The van der Waals surface area contributed by atoms with Crippen LogP contribution in [-0.4, -0.2) is 319 Å². The monoisotopic (exact) mass is 1920 g/mol. The van der Waals surface area contributed by atoms with Crippen LogP contribution in [0.5, 0.6) is 0 Å². The first-order valence-electron chi connectivity index (χ1n) is 29.0. The number of terminal acetylenes is 2. The lowest BCUT2D eigenvalue weighted by Gasteiger charge is -2.21. The maximum Gasteiger partial charge on any atom is 0.376 e. The molecule has 0 aromatic carbocycles. The first-order chi connectivity index (χ1) is 51.9. The third kappa shape index (κ3) is 36.9. The summed E-state index contributed by atoms with van der Waals surface area (Å²) in [5, 5.41) is -9.35. The molecule has 6 rings (SSSR count). The Morgan fingerprint density at radius 3 is 0.861 bits per heavy atom. The Bertz CT molecular complexity index is 4990. The summed E-state index contributed by atoms with van der Waals surface area (Å²) in [5.41, 5.74) is 0. The van der Waals surface area contributed by atoms with E-state index in [4.69, 9.17) is 22.3 Å². The van der Waals surface area contributed by atoms with Gasteiger partial charge in [-0.3, -0.25) is 33.5 Å². The van der Waals surface area contributed by atoms with Crippen molar-refractivity contribution in [2.75, 3.05) is 91.5 Å². The average molecular weight is 1920 g/mol. The smallest absolute Gasteiger partial charge is 0.376 e. The minimum Gasteiger partial charge on any atom is -0.467 e. The number of carbonyl (C=O) groups is 9. The molecule has 0 amide bonds. The molecule has 6 saturated heterocycles. The first kappa shape index (κ1) is 106. The maximum absolute atomic E-state index is 13.9. The van der Waals surface area contributed by atoms with Crippen molar-refractivity contribution in [3.05, 3.63) is 0 Å². The number of carbonyl (C=O) groups excluding carboxylic acids is 9. The van der Waals surface area contributed by atoms with Gasteiger partial charge in [0.2, 0.25) is 73.2 Å². The molecule has 0 saturated carbocycles. The van der Waals surface area contributed by atoms with Crippen LogP contribution in [-0.2, 0) is 257 Å². The van der Waals surface area contributed by atoms with Crippen LogP contribution in [0.1, 0.15) is 41.5 Å². The van der Waals surface area contributed by atoms with E-state index >= 15 is 0 Å². The lowest BCUT2D eigenvalue weighted by Crippen LogP contribution is -2.46. The molecule has 10 atom stereocenters. The fraction of sp³-hybridized carbons (Fsp3) is 0.717. The predicted octanol–water partition coefficient (Wildman–Crippen LogP) is -8.99. The van der Waals surface area contributed by atoms with Gasteiger partial charge in [-0.15, -0.1) is 12.8 Å². The molecule has 0 radical (unpaired) electrons. The summed E-state index contributed by atoms with van der Waals surface area (Å²) >= 11 is 0. The number of hydrogen-bond acceptors (Lipinski definition) is 54. The Balaban J connectivity index is 0.000000692. The summed E-state index contributed by atoms with van der Waals surface area (Å²) < 4.78 is 400. The van der Waals surface area contributed by atoms with Crippen LogP contribution in [0.2, 0.25) is 0 Å². The number of rotatable bonds is 15. The molecule has 54 nitrogen and oxygen atoms in total. The number of halogens is 3. The fourth-order valence-electron chi connectivity index (χ4n) is 6.97. The molecule has 6 aliphatic heterocycles. The van der Waals surface area contributed by atoms with E-state index < -0.39 is 305 Å². The van der Waals surface area contributed by atoms with Gasteiger partial charge in [0.25, 0.3) is 128 Å². The fourth-order valence-corrected chi connectivity index (χ4v) is 23.7. The van der Waals surface area contributed by atoms with Gasteiger partial charge in [0.1, 0.15) is 13.2 Å². The highest BCUT2D eigenvalue weighted by Crippen LogP contribution is 2.29. The van der Waals surface area contributed by atoms with Crippen molar-refractivity contribution in [3.63, 3.8) is 0 Å². The van der Waals surface area contributed by atoms with Crippen LogP contribution in [0.3, 0.4) is 0 Å². The van der Waals surface area contributed by atoms with E-state index in [1.54, 1.807) is 0 Å². The standard InChI is InChI=1S/C11H18O10S2.C9H14O10S2.2C7H7FO8S2.C7H10O10S2.C5H7FO8S2/c1-6(2)18-10(12)8-9(11(13)19-7(3)4)21-23(16,17)5-22(14,15)20-8;1-3-16-8(10)6-7(9(11)17-4-2)19-21(14,15)5-20(12,13)18-6;1-2-3-14-6(9)7(8)4-15-17(10,11)5-18(12,13)16-7;1-2-3-14-7(9)5-6(8)16-18(12,13)4-17(10,11)15-5;1-14-6(8)4-5(7(9)15-2)17-19(12,13)3-18(10,11)16-4;1-12-4(7)5(6)2-13-15(8,9)3-16(10,11)14-5/h6-9H,5H2,1-4H3;6-7H,3-5H2,1-2H3;1H,3-5H2;1,5-6H,3-4H2;4-5H,3H2,1-2H3;2-3H2,1H3. The molecule has 0 aromatic heterocycles. The Hall–Kier alpha value is -6.94. The van der Waals surface area contributed by atoms with Crippen LogP contribution in [0.4, 0.5) is 13.2 Å². The summed E-state index contributed by atoms with van der Waals surface area (Å²) in [6.07, 6.45) is -9.64. The Morgan fingerprint density at radius 1 is 0.348 bits per heavy atom. The van der Waals surface area contributed by atoms with E-state index in [0.717, 1.165) is 21.3 Å². The van der Waals surface area contributed by atoms with Crippen molar-refractivity contribution in [2.45, 2.75) is 115 Å². The second-order valence-corrected chi connectivity index (χ2v) is 42.6. The highest BCUT2D eigenvalue weighted by atomic mass is 32.3. The Kier molecular flexibility index (Phi) is 38.9. The Morgan fingerprint density at radius 2 is 0.591 bits per heavy atom. The second-order valence-electron chi connectivity index (χ2n) is 21.2. The molecular weight excluding hydrogens is 1860 g/mol. The van der Waals surface area contributed by atoms with Crippen LogP contribution in [0.15, 0.2) is 0 Å². The first-order valence-corrected chi connectivity index (χ1v) is 48.0. The van der Waals surface area contributed by atoms with E-state index in [1.807, 2.05) is 11.8 Å². The van der Waals surface area contributed by atoms with Crippen LogP contribution < -0.4 is 0 Å². The van der Waals surface area contributed by atoms with E-state index in [2.05, 4.69) is 83.4 Å². The van der Waals surface area contributed by atoms with Gasteiger partial charge in [0, 0.05) is 0 Å². The number of esters is 9. The van der Waals surface area contributed by atoms with Gasteiger partial charge in [-0.1, -0.05) is 11.8 Å². The molecule has 664 valence electrons. The summed E-state index contributed by atoms with van der Waals surface area (Å²) in [7, 11) is -53.4. The zero-order chi connectivity index (χ0) is 89.7. The van der Waals surface area contributed by atoms with E-state index in [-0.39, 0.29) is 13.2 Å². The van der Waals surface area contributed by atoms with Gasteiger partial charge in [-0.25, -0.2) is 64.3 Å². The maximum atomic E-state index is 13.9. The normalized spacial score (nSPS) is 28.9. The minimum absolute atomic E-state index is 0.138. The molecule has 10 unspecified atom stereocenters. The van der Waals surface area contributed by atoms with Gasteiger partial charge >= 0.3 is 65.4 Å². The van der Waals surface area contributed by atoms with Gasteiger partial charge in [-0.05, 0) is 41.5 Å². The molecule has 0 N–H and O–H groups in total. The van der Waals surface area contributed by atoms with Crippen molar-refractivity contribution < 1.29 is 250 Å². The molecule has 0 spiro atoms. The zero-order valence-electron chi connectivity index (χ0n) is 59.0. The van der Waals surface area contributed by atoms with Crippen molar-refractivity contribution in [3.8, 4) is 24.7 Å². The minimum atomic E-state index is -4.84. The molecule has 0 aliphatic carbocycles. The molecule has 115 heavy (non-hydrogen) atoms. The third-order valence-corrected chi connectivity index (χ3v) is 30.7. The van der Waals surface area contributed by atoms with Gasteiger partial charge in [0.05, 0.1) is 46.8 Å². The summed E-state index contributed by atoms with van der Waals surface area (Å²) in [6, 6.07) is 0. The number of ether oxygens (including phenoxy) is 9. The molecular formula is C46H63F3O54S12. The largest absolute Gasteiger partial charge is 0.467 e. The SMILES string of the molecule is C#CCOC(=O)C1(F)COS(=O)(=O)CS(=O)(=O)O1.C#CCOC(=O)C1OS(=O)(=O)CS(=O)(=O)OC1F.CC(C)OC(=O)C1OS(=O)(=O)CS(=O)(=O)OC1C(=O)OC(C)C.CCOC(=O)C1OS(=O)(=O)CS(=O)(=O)OC1C(=O)OCC.COC(=O)C1(F)COS(=O)(=O)CS(=O)(=O)O1.COC(=O)C1OS(=O)(=O)CS(=O)(=O)OC1C(=O)OC. The summed E-state index contributed by atoms with van der Waals surface area (Å²) in [4.78, 5) is 103. The zero-order valence-corrected chi connectivity index (χ0v) is 68.8. The molecule has 6 aliphatic rings. The highest BCUT2D eigenvalue weighted by molar-refractivity contribution is 8.06. The molecule has 6 heterocycles. The van der Waals surface area contributed by atoms with E-state index in [9.17, 15) is 157 Å². The number of alkyl halides is 3. The van der Waals surface area contributed by atoms with Crippen molar-refractivity contribution in [1.29, 1.82) is 0 Å². The number of hydrogen-bond donors (Lipinski definition) is 0. The topological polar surface area (TPSA) is 757 Å². The Labute approximate surface area is 652 Å². The van der Waals surface area contributed by atoms with Gasteiger partial charge in [0.15, 0.2) is 13.2 Å². The summed E-state index contributed by atoms with van der Waals surface area (Å²) in [6.45, 7) is 4.40. The van der Waals surface area contributed by atoms with Crippen molar-refractivity contribution in [2.24, 2.45) is 0 Å². The molecule has 6 fully saturated rings. The average Bonchev–Trinajstić information content (AvgIpc) is 1.80. The summed E-state index contributed by atoms with van der Waals surface area (Å²) in [5.74, 6) is -16.0. The van der Waals surface area contributed by atoms with Crippen LogP contribution >= 0.6 is 0 Å². The van der Waals surface area contributed by atoms with Crippen molar-refractivity contribution >= 4 is 175 Å². The lowest BCUT2D eigenvalue weighted by atomic mass is 10.2. The molecule has 69 heteroatoms. The highest BCUT2D eigenvalue weighted by Gasteiger charge is 2.55. The second kappa shape index (κ2) is 42.1. The van der Waals surface area contributed by atoms with Crippen LogP contribution in [0, 0.1) is 24.7 Å². The van der Waals surface area contributed by atoms with E-state index in [0.29, 0.717) is 0 Å². The molecule has 0 aromatic rings. The van der Waals surface area contributed by atoms with Gasteiger partial charge < -0.3 is 42.6 Å². The van der Waals surface area contributed by atoms with Crippen LogP contribution in [0.25, 0.3) is 0 Å². The van der Waals surface area contributed by atoms with Gasteiger partial charge in [-0.2, -0.15) is 110 Å².